The minimum atomic E-state index is -0.125. The topological polar surface area (TPSA) is 66.8 Å². The van der Waals surface area contributed by atoms with Crippen LogP contribution in [0.1, 0.15) is 194 Å². The van der Waals surface area contributed by atoms with Crippen molar-refractivity contribution in [2.45, 2.75) is 194 Å². The second-order valence-corrected chi connectivity index (χ2v) is 11.6. The van der Waals surface area contributed by atoms with Gasteiger partial charge in [0.15, 0.2) is 0 Å². The fraction of sp³-hybridized carbons (Fsp3) is 0.917. The largest absolute Gasteiger partial charge is 0.466 e. The summed E-state index contributed by atoms with van der Waals surface area (Å²) in [6.07, 6.45) is 41.2. The van der Waals surface area contributed by atoms with Crippen LogP contribution in [0.4, 0.5) is 0 Å². The lowest BCUT2D eigenvalue weighted by atomic mass is 10.0. The van der Waals surface area contributed by atoms with Crippen molar-refractivity contribution in [3.8, 4) is 0 Å². The fourth-order valence-corrected chi connectivity index (χ4v) is 4.89. The Morgan fingerprint density at radius 3 is 1.18 bits per heavy atom. The maximum atomic E-state index is 11.9. The molecule has 0 aliphatic carbocycles. The van der Waals surface area contributed by atoms with Crippen molar-refractivity contribution >= 4 is 5.97 Å². The molecular formula is C36H72O4. The van der Waals surface area contributed by atoms with Crippen LogP contribution in [0.2, 0.25) is 0 Å². The van der Waals surface area contributed by atoms with E-state index in [1.54, 1.807) is 0 Å². The molecule has 0 spiro atoms. The summed E-state index contributed by atoms with van der Waals surface area (Å²) in [6.45, 7) is 4.94. The summed E-state index contributed by atoms with van der Waals surface area (Å²) in [5, 5.41) is 15.2. The summed E-state index contributed by atoms with van der Waals surface area (Å²) >= 11 is 0. The Labute approximate surface area is 251 Å². The summed E-state index contributed by atoms with van der Waals surface area (Å²) in [7, 11) is 0. The number of esters is 1. The highest BCUT2D eigenvalue weighted by atomic mass is 16.5. The zero-order chi connectivity index (χ0) is 29.6. The smallest absolute Gasteiger partial charge is 0.305 e. The standard InChI is InChI=1S/C34H66O2.C2H6O2/c1-3-5-7-9-11-13-15-17-19-20-22-24-26-28-30-32-34(35)36-33-31-29-27-25-23-21-18-16-14-12-10-8-6-4-2;3-1-2-4/h17,19H,3-16,18,20-33H2,1-2H3;3-4H,1-2H2/b19-17-;. The van der Waals surface area contributed by atoms with E-state index in [1.807, 2.05) is 0 Å². The van der Waals surface area contributed by atoms with Gasteiger partial charge in [0, 0.05) is 6.42 Å². The van der Waals surface area contributed by atoms with Gasteiger partial charge in [0.2, 0.25) is 0 Å². The van der Waals surface area contributed by atoms with Crippen LogP contribution < -0.4 is 0 Å². The number of hydrogen-bond acceptors (Lipinski definition) is 4. The normalized spacial score (nSPS) is 11.1. The van der Waals surface area contributed by atoms with Crippen molar-refractivity contribution in [1.82, 2.24) is 0 Å². The predicted molar refractivity (Wildman–Crippen MR) is 175 cm³/mol. The first-order chi connectivity index (χ1) is 19.7. The molecule has 0 saturated carbocycles. The molecular weight excluding hydrogens is 496 g/mol. The molecule has 0 aromatic heterocycles. The average molecular weight is 569 g/mol. The highest BCUT2D eigenvalue weighted by molar-refractivity contribution is 5.69. The molecule has 240 valence electrons. The van der Waals surface area contributed by atoms with Gasteiger partial charge in [0.1, 0.15) is 0 Å². The minimum Gasteiger partial charge on any atom is -0.466 e. The van der Waals surface area contributed by atoms with E-state index in [1.165, 1.54) is 154 Å². The minimum absolute atomic E-state index is 0.0160. The Bertz CT molecular complexity index is 475. The first-order valence-electron chi connectivity index (χ1n) is 17.7. The van der Waals surface area contributed by atoms with Gasteiger partial charge < -0.3 is 14.9 Å². The number of unbranched alkanes of at least 4 members (excludes halogenated alkanes) is 24. The summed E-state index contributed by atoms with van der Waals surface area (Å²) in [5.41, 5.74) is 0. The zero-order valence-corrected chi connectivity index (χ0v) is 27.3. The molecule has 0 heterocycles. The van der Waals surface area contributed by atoms with Crippen LogP contribution in [-0.2, 0) is 9.53 Å². The highest BCUT2D eigenvalue weighted by Crippen LogP contribution is 2.14. The molecule has 0 unspecified atom stereocenters. The predicted octanol–water partition coefficient (Wildman–Crippen LogP) is 11.0. The van der Waals surface area contributed by atoms with Crippen molar-refractivity contribution in [3.63, 3.8) is 0 Å². The van der Waals surface area contributed by atoms with Gasteiger partial charge in [0.25, 0.3) is 0 Å². The molecule has 0 radical (unpaired) electrons. The fourth-order valence-electron chi connectivity index (χ4n) is 4.89. The quantitative estimate of drug-likeness (QED) is 0.0496. The van der Waals surface area contributed by atoms with Gasteiger partial charge in [-0.25, -0.2) is 0 Å². The molecule has 0 aromatic rings. The average Bonchev–Trinajstić information content (AvgIpc) is 2.97. The van der Waals surface area contributed by atoms with Crippen molar-refractivity contribution in [2.75, 3.05) is 19.8 Å². The third kappa shape index (κ3) is 41.6. The molecule has 4 heteroatoms. The van der Waals surface area contributed by atoms with Crippen molar-refractivity contribution in [2.24, 2.45) is 0 Å². The highest BCUT2D eigenvalue weighted by Gasteiger charge is 2.02. The van der Waals surface area contributed by atoms with Gasteiger partial charge in [-0.15, -0.1) is 0 Å². The van der Waals surface area contributed by atoms with Gasteiger partial charge in [-0.2, -0.15) is 0 Å². The lowest BCUT2D eigenvalue weighted by Gasteiger charge is -2.05. The third-order valence-corrected chi connectivity index (χ3v) is 7.50. The summed E-state index contributed by atoms with van der Waals surface area (Å²) in [4.78, 5) is 11.9. The van der Waals surface area contributed by atoms with Gasteiger partial charge in [0.05, 0.1) is 19.8 Å². The van der Waals surface area contributed by atoms with Crippen LogP contribution in [0.25, 0.3) is 0 Å². The van der Waals surface area contributed by atoms with E-state index in [9.17, 15) is 4.79 Å². The third-order valence-electron chi connectivity index (χ3n) is 7.50. The van der Waals surface area contributed by atoms with E-state index in [0.29, 0.717) is 13.0 Å². The Morgan fingerprint density at radius 2 is 0.800 bits per heavy atom. The van der Waals surface area contributed by atoms with Crippen molar-refractivity contribution in [3.05, 3.63) is 12.2 Å². The van der Waals surface area contributed by atoms with E-state index in [4.69, 9.17) is 14.9 Å². The lowest BCUT2D eigenvalue weighted by Crippen LogP contribution is -2.05. The lowest BCUT2D eigenvalue weighted by molar-refractivity contribution is -0.143. The van der Waals surface area contributed by atoms with Crippen LogP contribution in [0, 0.1) is 0 Å². The van der Waals surface area contributed by atoms with Crippen LogP contribution >= 0.6 is 0 Å². The molecule has 0 fully saturated rings. The van der Waals surface area contributed by atoms with Crippen molar-refractivity contribution in [1.29, 1.82) is 0 Å². The number of aliphatic hydroxyl groups excluding tert-OH is 2. The van der Waals surface area contributed by atoms with Crippen LogP contribution in [0.3, 0.4) is 0 Å². The maximum Gasteiger partial charge on any atom is 0.305 e. The molecule has 0 aromatic carbocycles. The Kier molecular flexibility index (Phi) is 41.5. The molecule has 0 aliphatic rings. The van der Waals surface area contributed by atoms with Gasteiger partial charge in [-0.1, -0.05) is 161 Å². The van der Waals surface area contributed by atoms with Gasteiger partial charge >= 0.3 is 5.97 Å². The molecule has 0 rings (SSSR count). The molecule has 4 nitrogen and oxygen atoms in total. The first kappa shape index (κ1) is 41.3. The molecule has 0 amide bonds. The van der Waals surface area contributed by atoms with Crippen LogP contribution in [0.15, 0.2) is 12.2 Å². The van der Waals surface area contributed by atoms with E-state index >= 15 is 0 Å². The molecule has 0 atom stereocenters. The van der Waals surface area contributed by atoms with E-state index in [2.05, 4.69) is 26.0 Å². The number of rotatable bonds is 31. The summed E-state index contributed by atoms with van der Waals surface area (Å²) in [6, 6.07) is 0. The summed E-state index contributed by atoms with van der Waals surface area (Å²) < 4.78 is 5.42. The summed E-state index contributed by atoms with van der Waals surface area (Å²) in [5.74, 6) is 0.0160. The molecule has 0 saturated heterocycles. The van der Waals surface area contributed by atoms with E-state index in [0.717, 1.165) is 19.3 Å². The van der Waals surface area contributed by atoms with Crippen LogP contribution in [0.5, 0.6) is 0 Å². The van der Waals surface area contributed by atoms with E-state index < -0.39 is 0 Å². The number of aliphatic hydroxyl groups is 2. The Hall–Kier alpha value is -0.870. The van der Waals surface area contributed by atoms with E-state index in [-0.39, 0.29) is 19.2 Å². The number of carbonyl (C=O) groups excluding carboxylic acids is 1. The number of hydrogen-bond donors (Lipinski definition) is 2. The van der Waals surface area contributed by atoms with Gasteiger partial charge in [-0.05, 0) is 38.5 Å². The second-order valence-electron chi connectivity index (χ2n) is 11.6. The number of carbonyl (C=O) groups is 1. The number of allylic oxidation sites excluding steroid dienone is 2. The molecule has 0 bridgehead atoms. The van der Waals surface area contributed by atoms with Crippen LogP contribution in [-0.4, -0.2) is 36.0 Å². The first-order valence-corrected chi connectivity index (χ1v) is 17.7. The second kappa shape index (κ2) is 40.3. The van der Waals surface area contributed by atoms with Gasteiger partial charge in [-0.3, -0.25) is 4.79 Å². The Balaban J connectivity index is 0. The number of ether oxygens (including phenoxy) is 1. The zero-order valence-electron chi connectivity index (χ0n) is 27.3. The SMILES string of the molecule is CCCCCCCC/C=C\CCCCCCCC(=O)OCCCCCCCCCCCCCCCC.OCCO. The molecule has 2 N–H and O–H groups in total. The molecule has 40 heavy (non-hydrogen) atoms. The maximum absolute atomic E-state index is 11.9. The Morgan fingerprint density at radius 1 is 0.475 bits per heavy atom. The molecule has 0 aliphatic heterocycles. The van der Waals surface area contributed by atoms with Crippen molar-refractivity contribution < 1.29 is 19.7 Å². The monoisotopic (exact) mass is 569 g/mol.